The molecule has 0 aliphatic rings. The Morgan fingerprint density at radius 3 is 2.61 bits per heavy atom. The number of benzene rings is 3. The standard InChI is InChI=1S/C23H20N4O/c1-2-16-7-9-17(10-8-16)15-24-27-23(28)22-14-21(25-26-22)20-12-11-18-5-3-4-6-19(18)13-20/h3-15H,2H2,1H3,(H,25,26)(H,27,28)/b24-15+. The lowest BCUT2D eigenvalue weighted by molar-refractivity contribution is 0.0950. The number of hydrogen-bond donors (Lipinski definition) is 2. The van der Waals surface area contributed by atoms with Crippen molar-refractivity contribution < 1.29 is 4.79 Å². The van der Waals surface area contributed by atoms with Gasteiger partial charge in [0.1, 0.15) is 5.69 Å². The fourth-order valence-electron chi connectivity index (χ4n) is 3.00. The number of amides is 1. The number of H-pyrrole nitrogens is 1. The molecule has 0 radical (unpaired) electrons. The Bertz CT molecular complexity index is 1140. The average Bonchev–Trinajstić information content (AvgIpc) is 3.24. The van der Waals surface area contributed by atoms with Gasteiger partial charge in [-0.2, -0.15) is 10.2 Å². The highest BCUT2D eigenvalue weighted by molar-refractivity contribution is 5.94. The number of carbonyl (C=O) groups is 1. The molecule has 3 aromatic carbocycles. The summed E-state index contributed by atoms with van der Waals surface area (Å²) < 4.78 is 0. The predicted octanol–water partition coefficient (Wildman–Crippen LogP) is 4.56. The van der Waals surface area contributed by atoms with Gasteiger partial charge in [0.2, 0.25) is 0 Å². The Labute approximate surface area is 163 Å². The lowest BCUT2D eigenvalue weighted by atomic mass is 10.1. The van der Waals surface area contributed by atoms with Crippen molar-refractivity contribution in [2.24, 2.45) is 5.10 Å². The van der Waals surface area contributed by atoms with E-state index in [9.17, 15) is 4.79 Å². The first-order chi connectivity index (χ1) is 13.7. The minimum atomic E-state index is -0.332. The summed E-state index contributed by atoms with van der Waals surface area (Å²) in [7, 11) is 0. The van der Waals surface area contributed by atoms with E-state index >= 15 is 0 Å². The second-order valence-corrected chi connectivity index (χ2v) is 6.52. The summed E-state index contributed by atoms with van der Waals surface area (Å²) in [5, 5.41) is 13.4. The highest BCUT2D eigenvalue weighted by Gasteiger charge is 2.10. The van der Waals surface area contributed by atoms with E-state index in [-0.39, 0.29) is 5.91 Å². The molecule has 5 heteroatoms. The number of nitrogens with zero attached hydrogens (tertiary/aromatic N) is 2. The van der Waals surface area contributed by atoms with Gasteiger partial charge < -0.3 is 0 Å². The van der Waals surface area contributed by atoms with E-state index in [1.54, 1.807) is 12.3 Å². The Morgan fingerprint density at radius 1 is 1.04 bits per heavy atom. The van der Waals surface area contributed by atoms with E-state index in [0.717, 1.165) is 28.6 Å². The fraction of sp³-hybridized carbons (Fsp3) is 0.0870. The van der Waals surface area contributed by atoms with Gasteiger partial charge in [0, 0.05) is 5.56 Å². The summed E-state index contributed by atoms with van der Waals surface area (Å²) in [5.41, 5.74) is 6.76. The van der Waals surface area contributed by atoms with Gasteiger partial charge in [-0.15, -0.1) is 0 Å². The normalized spacial score (nSPS) is 11.2. The van der Waals surface area contributed by atoms with Gasteiger partial charge in [0.15, 0.2) is 0 Å². The third-order valence-electron chi connectivity index (χ3n) is 4.64. The molecule has 2 N–H and O–H groups in total. The third-order valence-corrected chi connectivity index (χ3v) is 4.64. The molecular weight excluding hydrogens is 348 g/mol. The molecule has 0 atom stereocenters. The van der Waals surface area contributed by atoms with Crippen LogP contribution in [0.5, 0.6) is 0 Å². The van der Waals surface area contributed by atoms with Crippen molar-refractivity contribution in [3.63, 3.8) is 0 Å². The quantitative estimate of drug-likeness (QED) is 0.401. The van der Waals surface area contributed by atoms with Crippen LogP contribution in [0.15, 0.2) is 77.9 Å². The highest BCUT2D eigenvalue weighted by atomic mass is 16.2. The highest BCUT2D eigenvalue weighted by Crippen LogP contribution is 2.23. The molecular formula is C23H20N4O. The van der Waals surface area contributed by atoms with Crippen molar-refractivity contribution in [1.82, 2.24) is 15.6 Å². The Morgan fingerprint density at radius 2 is 1.82 bits per heavy atom. The first kappa shape index (κ1) is 17.7. The number of hydrazone groups is 1. The van der Waals surface area contributed by atoms with Gasteiger partial charge in [0.25, 0.3) is 5.91 Å². The molecule has 0 unspecified atom stereocenters. The van der Waals surface area contributed by atoms with Crippen LogP contribution in [-0.2, 0) is 6.42 Å². The number of aryl methyl sites for hydroxylation is 1. The number of aromatic amines is 1. The van der Waals surface area contributed by atoms with E-state index < -0.39 is 0 Å². The topological polar surface area (TPSA) is 70.1 Å². The number of fused-ring (bicyclic) bond motifs is 1. The van der Waals surface area contributed by atoms with Crippen LogP contribution in [0.4, 0.5) is 0 Å². The molecule has 1 heterocycles. The van der Waals surface area contributed by atoms with Gasteiger partial charge in [-0.3, -0.25) is 9.89 Å². The SMILES string of the molecule is CCc1ccc(/C=N/NC(=O)c2cc(-c3ccc4ccccc4c3)n[nH]2)cc1. The predicted molar refractivity (Wildman–Crippen MR) is 112 cm³/mol. The molecule has 28 heavy (non-hydrogen) atoms. The number of hydrogen-bond acceptors (Lipinski definition) is 3. The first-order valence-corrected chi connectivity index (χ1v) is 9.20. The lowest BCUT2D eigenvalue weighted by Gasteiger charge is -2.00. The fourth-order valence-corrected chi connectivity index (χ4v) is 3.00. The van der Waals surface area contributed by atoms with E-state index in [2.05, 4.69) is 45.8 Å². The average molecular weight is 368 g/mol. The summed E-state index contributed by atoms with van der Waals surface area (Å²) in [6.45, 7) is 2.11. The lowest BCUT2D eigenvalue weighted by Crippen LogP contribution is -2.17. The molecule has 1 amide bonds. The Hall–Kier alpha value is -3.73. The van der Waals surface area contributed by atoms with Crippen molar-refractivity contribution in [1.29, 1.82) is 0 Å². The van der Waals surface area contributed by atoms with Crippen molar-refractivity contribution in [2.75, 3.05) is 0 Å². The zero-order valence-corrected chi connectivity index (χ0v) is 15.5. The molecule has 4 aromatic rings. The second kappa shape index (κ2) is 7.88. The van der Waals surface area contributed by atoms with Crippen molar-refractivity contribution in [3.8, 4) is 11.3 Å². The van der Waals surface area contributed by atoms with Gasteiger partial charge in [0.05, 0.1) is 11.9 Å². The van der Waals surface area contributed by atoms with Crippen LogP contribution in [0.3, 0.4) is 0 Å². The van der Waals surface area contributed by atoms with Crippen LogP contribution in [0.2, 0.25) is 0 Å². The van der Waals surface area contributed by atoms with E-state index in [1.807, 2.05) is 48.5 Å². The van der Waals surface area contributed by atoms with E-state index in [0.29, 0.717) is 5.69 Å². The Kier molecular flexibility index (Phi) is 4.97. The molecule has 0 spiro atoms. The zero-order chi connectivity index (χ0) is 19.3. The molecule has 138 valence electrons. The minimum Gasteiger partial charge on any atom is -0.272 e. The monoisotopic (exact) mass is 368 g/mol. The summed E-state index contributed by atoms with van der Waals surface area (Å²) in [4.78, 5) is 12.3. The molecule has 4 rings (SSSR count). The molecule has 0 saturated heterocycles. The number of nitrogens with one attached hydrogen (secondary N) is 2. The number of carbonyl (C=O) groups excluding carboxylic acids is 1. The molecule has 5 nitrogen and oxygen atoms in total. The number of aromatic nitrogens is 2. The molecule has 0 aliphatic carbocycles. The van der Waals surface area contributed by atoms with Gasteiger partial charge in [-0.1, -0.05) is 67.6 Å². The van der Waals surface area contributed by atoms with Crippen molar-refractivity contribution >= 4 is 22.9 Å². The van der Waals surface area contributed by atoms with E-state index in [1.165, 1.54) is 10.9 Å². The van der Waals surface area contributed by atoms with Crippen LogP contribution in [0, 0.1) is 0 Å². The molecule has 0 saturated carbocycles. The number of rotatable bonds is 5. The molecule has 1 aromatic heterocycles. The first-order valence-electron chi connectivity index (χ1n) is 9.20. The summed E-state index contributed by atoms with van der Waals surface area (Å²) in [6, 6.07) is 24.0. The van der Waals surface area contributed by atoms with Crippen LogP contribution in [-0.4, -0.2) is 22.3 Å². The second-order valence-electron chi connectivity index (χ2n) is 6.52. The smallest absolute Gasteiger partial charge is 0.272 e. The van der Waals surface area contributed by atoms with Crippen LogP contribution in [0.1, 0.15) is 28.5 Å². The van der Waals surface area contributed by atoms with Gasteiger partial charge in [-0.25, -0.2) is 5.43 Å². The summed E-state index contributed by atoms with van der Waals surface area (Å²) in [6.07, 6.45) is 2.62. The maximum absolute atomic E-state index is 12.3. The molecule has 0 fully saturated rings. The van der Waals surface area contributed by atoms with Crippen molar-refractivity contribution in [3.05, 3.63) is 89.6 Å². The van der Waals surface area contributed by atoms with Crippen molar-refractivity contribution in [2.45, 2.75) is 13.3 Å². The van der Waals surface area contributed by atoms with Gasteiger partial charge >= 0.3 is 0 Å². The largest absolute Gasteiger partial charge is 0.289 e. The maximum Gasteiger partial charge on any atom is 0.289 e. The summed E-state index contributed by atoms with van der Waals surface area (Å²) in [5.74, 6) is -0.332. The summed E-state index contributed by atoms with van der Waals surface area (Å²) >= 11 is 0. The van der Waals surface area contributed by atoms with Crippen LogP contribution < -0.4 is 5.43 Å². The van der Waals surface area contributed by atoms with Crippen LogP contribution >= 0.6 is 0 Å². The van der Waals surface area contributed by atoms with E-state index in [4.69, 9.17) is 0 Å². The molecule has 0 bridgehead atoms. The Balaban J connectivity index is 1.45. The maximum atomic E-state index is 12.3. The zero-order valence-electron chi connectivity index (χ0n) is 15.5. The van der Waals surface area contributed by atoms with Crippen LogP contribution in [0.25, 0.3) is 22.0 Å². The minimum absolute atomic E-state index is 0.332. The third kappa shape index (κ3) is 3.83. The van der Waals surface area contributed by atoms with Gasteiger partial charge in [-0.05, 0) is 40.5 Å². The molecule has 0 aliphatic heterocycles.